The average molecular weight is 340 g/mol. The molecule has 23 heavy (non-hydrogen) atoms. The van der Waals surface area contributed by atoms with Crippen LogP contribution >= 0.6 is 11.6 Å². The number of anilines is 1. The maximum atomic E-state index is 12.1. The third kappa shape index (κ3) is 4.13. The van der Waals surface area contributed by atoms with Gasteiger partial charge in [-0.2, -0.15) is 0 Å². The Hall–Kier alpha value is -2.28. The van der Waals surface area contributed by atoms with Gasteiger partial charge in [-0.1, -0.05) is 11.6 Å². The summed E-state index contributed by atoms with van der Waals surface area (Å²) in [7, 11) is 1.48. The van der Waals surface area contributed by atoms with Crippen molar-refractivity contribution in [3.05, 3.63) is 23.2 Å². The second-order valence-electron chi connectivity index (χ2n) is 5.27. The van der Waals surface area contributed by atoms with Crippen LogP contribution in [0.2, 0.25) is 5.02 Å². The monoisotopic (exact) mass is 339 g/mol. The number of hydrogen-bond donors (Lipinski definition) is 2. The highest BCUT2D eigenvalue weighted by Gasteiger charge is 2.29. The molecule has 0 atom stereocenters. The predicted octanol–water partition coefficient (Wildman–Crippen LogP) is 1.01. The van der Waals surface area contributed by atoms with Crippen LogP contribution in [0.4, 0.5) is 5.69 Å². The van der Waals surface area contributed by atoms with E-state index < -0.39 is 11.8 Å². The molecule has 8 heteroatoms. The maximum Gasteiger partial charge on any atom is 0.313 e. The topological polar surface area (TPSA) is 102 Å². The van der Waals surface area contributed by atoms with Gasteiger partial charge in [-0.25, -0.2) is 0 Å². The number of amides is 3. The van der Waals surface area contributed by atoms with E-state index >= 15 is 0 Å². The van der Waals surface area contributed by atoms with Crippen molar-refractivity contribution in [3.63, 3.8) is 0 Å². The van der Waals surface area contributed by atoms with Crippen molar-refractivity contribution < 1.29 is 19.1 Å². The van der Waals surface area contributed by atoms with Crippen LogP contribution in [0.5, 0.6) is 5.75 Å². The lowest BCUT2D eigenvalue weighted by atomic mass is 9.96. The number of halogens is 1. The van der Waals surface area contributed by atoms with Crippen LogP contribution in [-0.2, 0) is 14.4 Å². The molecule has 0 radical (unpaired) electrons. The number of ether oxygens (including phenoxy) is 1. The van der Waals surface area contributed by atoms with Crippen molar-refractivity contribution in [1.82, 2.24) is 4.90 Å². The number of piperidine rings is 1. The van der Waals surface area contributed by atoms with Gasteiger partial charge < -0.3 is 20.7 Å². The first-order valence-electron chi connectivity index (χ1n) is 7.15. The Labute approximate surface area is 138 Å². The van der Waals surface area contributed by atoms with Crippen molar-refractivity contribution in [1.29, 1.82) is 0 Å². The SMILES string of the molecule is COc1ccc(NC(=O)C(=O)N2CCC(C(N)=O)CC2)cc1Cl. The number of nitrogens with one attached hydrogen (secondary N) is 1. The lowest BCUT2D eigenvalue weighted by molar-refractivity contribution is -0.144. The number of primary amides is 1. The molecule has 124 valence electrons. The molecule has 1 fully saturated rings. The van der Waals surface area contributed by atoms with E-state index in [2.05, 4.69) is 5.32 Å². The van der Waals surface area contributed by atoms with Crippen molar-refractivity contribution in [2.24, 2.45) is 11.7 Å². The third-order valence-electron chi connectivity index (χ3n) is 3.79. The van der Waals surface area contributed by atoms with Crippen LogP contribution in [0.3, 0.4) is 0 Å². The smallest absolute Gasteiger partial charge is 0.313 e. The Morgan fingerprint density at radius 2 is 1.96 bits per heavy atom. The molecule has 1 aliphatic heterocycles. The van der Waals surface area contributed by atoms with Crippen molar-refractivity contribution >= 4 is 35.0 Å². The molecule has 0 bridgehead atoms. The highest BCUT2D eigenvalue weighted by Crippen LogP contribution is 2.27. The van der Waals surface area contributed by atoms with Gasteiger partial charge in [0.25, 0.3) is 0 Å². The van der Waals surface area contributed by atoms with Crippen molar-refractivity contribution in [2.45, 2.75) is 12.8 Å². The quantitative estimate of drug-likeness (QED) is 0.802. The van der Waals surface area contributed by atoms with E-state index in [1.165, 1.54) is 18.1 Å². The molecular weight excluding hydrogens is 322 g/mol. The van der Waals surface area contributed by atoms with Gasteiger partial charge in [0, 0.05) is 24.7 Å². The van der Waals surface area contributed by atoms with E-state index in [1.807, 2.05) is 0 Å². The fraction of sp³-hybridized carbons (Fsp3) is 0.400. The number of carbonyl (C=O) groups is 3. The Kier molecular flexibility index (Phi) is 5.44. The number of nitrogens with two attached hydrogens (primary N) is 1. The molecule has 7 nitrogen and oxygen atoms in total. The molecule has 0 saturated carbocycles. The van der Waals surface area contributed by atoms with Crippen LogP contribution in [0.1, 0.15) is 12.8 Å². The number of rotatable bonds is 3. The standard InChI is InChI=1S/C15H18ClN3O4/c1-23-12-3-2-10(8-11(12)16)18-14(21)15(22)19-6-4-9(5-7-19)13(17)20/h2-3,8-9H,4-7H2,1H3,(H2,17,20)(H,18,21). The van der Waals surface area contributed by atoms with Crippen LogP contribution < -0.4 is 15.8 Å². The number of likely N-dealkylation sites (tertiary alicyclic amines) is 1. The molecule has 0 aliphatic carbocycles. The van der Waals surface area contributed by atoms with E-state index in [-0.39, 0.29) is 11.8 Å². The van der Waals surface area contributed by atoms with Crippen LogP contribution in [0, 0.1) is 5.92 Å². The summed E-state index contributed by atoms with van der Waals surface area (Å²) in [4.78, 5) is 36.7. The number of methoxy groups -OCH3 is 1. The maximum absolute atomic E-state index is 12.1. The second kappa shape index (κ2) is 7.32. The van der Waals surface area contributed by atoms with E-state index in [0.29, 0.717) is 42.4 Å². The fourth-order valence-corrected chi connectivity index (χ4v) is 2.70. The Balaban J connectivity index is 1.94. The summed E-state index contributed by atoms with van der Waals surface area (Å²) in [5, 5.41) is 2.84. The minimum Gasteiger partial charge on any atom is -0.495 e. The van der Waals surface area contributed by atoms with Gasteiger partial charge >= 0.3 is 11.8 Å². The molecule has 1 aliphatic rings. The van der Waals surface area contributed by atoms with Crippen molar-refractivity contribution in [3.8, 4) is 5.75 Å². The molecule has 0 unspecified atom stereocenters. The summed E-state index contributed by atoms with van der Waals surface area (Å²) >= 11 is 5.97. The number of nitrogens with zero attached hydrogens (tertiary/aromatic N) is 1. The highest BCUT2D eigenvalue weighted by atomic mass is 35.5. The lowest BCUT2D eigenvalue weighted by Gasteiger charge is -2.29. The van der Waals surface area contributed by atoms with Crippen molar-refractivity contribution in [2.75, 3.05) is 25.5 Å². The molecule has 1 saturated heterocycles. The first kappa shape index (κ1) is 17.1. The highest BCUT2D eigenvalue weighted by molar-refractivity contribution is 6.39. The van der Waals surface area contributed by atoms with Gasteiger partial charge in [0.15, 0.2) is 0 Å². The zero-order valence-corrected chi connectivity index (χ0v) is 13.4. The minimum absolute atomic E-state index is 0.234. The van der Waals surface area contributed by atoms with Gasteiger partial charge in [-0.05, 0) is 31.0 Å². The average Bonchev–Trinajstić information content (AvgIpc) is 2.54. The summed E-state index contributed by atoms with van der Waals surface area (Å²) in [6.45, 7) is 0.673. The Morgan fingerprint density at radius 3 is 2.48 bits per heavy atom. The predicted molar refractivity (Wildman–Crippen MR) is 85.1 cm³/mol. The van der Waals surface area contributed by atoms with Gasteiger partial charge in [-0.3, -0.25) is 14.4 Å². The van der Waals surface area contributed by atoms with Crippen LogP contribution in [0.25, 0.3) is 0 Å². The minimum atomic E-state index is -0.747. The molecule has 0 spiro atoms. The normalized spacial score (nSPS) is 15.1. The van der Waals surface area contributed by atoms with E-state index in [1.54, 1.807) is 12.1 Å². The van der Waals surface area contributed by atoms with E-state index in [4.69, 9.17) is 22.1 Å². The molecule has 1 aromatic carbocycles. The van der Waals surface area contributed by atoms with Gasteiger partial charge in [-0.15, -0.1) is 0 Å². The molecule has 1 heterocycles. The van der Waals surface area contributed by atoms with E-state index in [9.17, 15) is 14.4 Å². The number of carbonyl (C=O) groups excluding carboxylic acids is 3. The molecule has 1 aromatic rings. The first-order valence-corrected chi connectivity index (χ1v) is 7.53. The van der Waals surface area contributed by atoms with Gasteiger partial charge in [0.1, 0.15) is 5.75 Å². The second-order valence-corrected chi connectivity index (χ2v) is 5.68. The van der Waals surface area contributed by atoms with Gasteiger partial charge in [0.2, 0.25) is 5.91 Å². The van der Waals surface area contributed by atoms with E-state index in [0.717, 1.165) is 0 Å². The van der Waals surface area contributed by atoms with Crippen LogP contribution in [0.15, 0.2) is 18.2 Å². The summed E-state index contributed by atoms with van der Waals surface area (Å²) in [5.74, 6) is -1.51. The number of benzene rings is 1. The number of hydrogen-bond acceptors (Lipinski definition) is 4. The molecule has 3 amide bonds. The zero-order chi connectivity index (χ0) is 17.0. The Bertz CT molecular complexity index is 627. The summed E-state index contributed by atoms with van der Waals surface area (Å²) in [6.07, 6.45) is 0.950. The summed E-state index contributed by atoms with van der Waals surface area (Å²) in [6, 6.07) is 4.70. The molecule has 2 rings (SSSR count). The summed E-state index contributed by atoms with van der Waals surface area (Å²) in [5.41, 5.74) is 5.65. The Morgan fingerprint density at radius 1 is 1.30 bits per heavy atom. The van der Waals surface area contributed by atoms with Crippen LogP contribution in [-0.4, -0.2) is 42.8 Å². The fourth-order valence-electron chi connectivity index (χ4n) is 2.44. The molecule has 0 aromatic heterocycles. The summed E-state index contributed by atoms with van der Waals surface area (Å²) < 4.78 is 5.02. The molecular formula is C15H18ClN3O4. The molecule has 3 N–H and O–H groups in total. The third-order valence-corrected chi connectivity index (χ3v) is 4.08. The first-order chi connectivity index (χ1) is 10.9. The largest absolute Gasteiger partial charge is 0.495 e. The zero-order valence-electron chi connectivity index (χ0n) is 12.7. The lowest BCUT2D eigenvalue weighted by Crippen LogP contribution is -2.46. The van der Waals surface area contributed by atoms with Gasteiger partial charge in [0.05, 0.1) is 12.1 Å².